The molecule has 1 aromatic heterocycles. The molecular weight excluding hydrogens is 480 g/mol. The fourth-order valence-corrected chi connectivity index (χ4v) is 3.94. The van der Waals surface area contributed by atoms with Gasteiger partial charge in [0.05, 0.1) is 42.4 Å². The first-order chi connectivity index (χ1) is 17.6. The summed E-state index contributed by atoms with van der Waals surface area (Å²) in [4.78, 5) is 63.7. The van der Waals surface area contributed by atoms with Crippen LogP contribution in [-0.4, -0.2) is 64.6 Å². The predicted molar refractivity (Wildman–Crippen MR) is 135 cm³/mol. The first-order valence-corrected chi connectivity index (χ1v) is 11.7. The summed E-state index contributed by atoms with van der Waals surface area (Å²) in [5.74, 6) is -2.22. The number of nitrogens with two attached hydrogens (primary N) is 1. The topological polar surface area (TPSA) is 143 Å². The Morgan fingerprint density at radius 3 is 2.27 bits per heavy atom. The Morgan fingerprint density at radius 1 is 0.946 bits per heavy atom. The van der Waals surface area contributed by atoms with E-state index in [4.69, 9.17) is 15.2 Å². The lowest BCUT2D eigenvalue weighted by molar-refractivity contribution is -0.136. The van der Waals surface area contributed by atoms with Crippen LogP contribution >= 0.6 is 0 Å². The fourth-order valence-electron chi connectivity index (χ4n) is 3.94. The van der Waals surface area contributed by atoms with Crippen LogP contribution in [-0.2, 0) is 32.2 Å². The van der Waals surface area contributed by atoms with E-state index in [1.165, 1.54) is 33.3 Å². The highest BCUT2D eigenvalue weighted by Gasteiger charge is 2.22. The zero-order valence-corrected chi connectivity index (χ0v) is 21.0. The van der Waals surface area contributed by atoms with Crippen molar-refractivity contribution >= 4 is 34.8 Å². The molecule has 0 unspecified atom stereocenters. The third-order valence-electron chi connectivity index (χ3n) is 5.58. The Morgan fingerprint density at radius 2 is 1.65 bits per heavy atom. The third-order valence-corrected chi connectivity index (χ3v) is 5.58. The number of esters is 2. The van der Waals surface area contributed by atoms with E-state index in [-0.39, 0.29) is 44.3 Å². The summed E-state index contributed by atoms with van der Waals surface area (Å²) in [5.41, 5.74) is 6.11. The molecule has 0 atom stereocenters. The van der Waals surface area contributed by atoms with Gasteiger partial charge >= 0.3 is 17.6 Å². The maximum atomic E-state index is 13.4. The van der Waals surface area contributed by atoms with Gasteiger partial charge in [-0.25, -0.2) is 14.4 Å². The molecular formula is C26H30N4O7. The molecule has 1 heterocycles. The van der Waals surface area contributed by atoms with Gasteiger partial charge in [-0.05, 0) is 36.2 Å². The van der Waals surface area contributed by atoms with Crippen molar-refractivity contribution in [1.29, 1.82) is 0 Å². The molecule has 0 aliphatic rings. The predicted octanol–water partition coefficient (Wildman–Crippen LogP) is 1.42. The minimum atomic E-state index is -0.669. The number of primary amides is 1. The van der Waals surface area contributed by atoms with Crippen molar-refractivity contribution in [2.75, 3.05) is 26.8 Å². The van der Waals surface area contributed by atoms with Crippen LogP contribution in [0.3, 0.4) is 0 Å². The number of benzene rings is 2. The van der Waals surface area contributed by atoms with Crippen LogP contribution in [0, 0.1) is 5.92 Å². The Balaban J connectivity index is 1.94. The van der Waals surface area contributed by atoms with Gasteiger partial charge in [0.15, 0.2) is 0 Å². The summed E-state index contributed by atoms with van der Waals surface area (Å²) in [6.45, 7) is 3.31. The van der Waals surface area contributed by atoms with Gasteiger partial charge in [0.1, 0.15) is 13.2 Å². The molecule has 2 aromatic carbocycles. The third kappa shape index (κ3) is 6.63. The van der Waals surface area contributed by atoms with Crippen LogP contribution in [0.1, 0.15) is 34.6 Å². The number of fused-ring (bicyclic) bond motifs is 1. The van der Waals surface area contributed by atoms with Crippen molar-refractivity contribution in [2.45, 2.75) is 26.9 Å². The molecule has 3 aromatic rings. The lowest BCUT2D eigenvalue weighted by Gasteiger charge is -2.23. The normalized spacial score (nSPS) is 10.9. The van der Waals surface area contributed by atoms with E-state index in [1.807, 2.05) is 13.8 Å². The number of amides is 2. The number of aromatic nitrogens is 2. The average molecular weight is 511 g/mol. The lowest BCUT2D eigenvalue weighted by Crippen LogP contribution is -2.43. The van der Waals surface area contributed by atoms with Gasteiger partial charge in [-0.3, -0.25) is 18.7 Å². The van der Waals surface area contributed by atoms with Crippen LogP contribution in [0.2, 0.25) is 0 Å². The van der Waals surface area contributed by atoms with Crippen LogP contribution in [0.15, 0.2) is 53.3 Å². The molecule has 0 aliphatic heterocycles. The molecule has 11 heteroatoms. The Labute approximate surface area is 213 Å². The van der Waals surface area contributed by atoms with Crippen LogP contribution in [0.25, 0.3) is 11.0 Å². The second-order valence-electron chi connectivity index (χ2n) is 8.85. The van der Waals surface area contributed by atoms with Gasteiger partial charge < -0.3 is 20.1 Å². The molecule has 0 fully saturated rings. The van der Waals surface area contributed by atoms with Crippen LogP contribution < -0.4 is 11.4 Å². The van der Waals surface area contributed by atoms with E-state index >= 15 is 0 Å². The van der Waals surface area contributed by atoms with E-state index < -0.39 is 29.4 Å². The number of rotatable bonds is 11. The Kier molecular flexibility index (Phi) is 8.83. The summed E-state index contributed by atoms with van der Waals surface area (Å²) in [5, 5.41) is 0. The lowest BCUT2D eigenvalue weighted by atomic mass is 10.2. The molecule has 3 rings (SSSR count). The van der Waals surface area contributed by atoms with Crippen molar-refractivity contribution in [1.82, 2.24) is 14.0 Å². The Hall–Kier alpha value is -4.41. The molecule has 0 saturated heterocycles. The highest BCUT2D eigenvalue weighted by atomic mass is 16.5. The molecule has 11 nitrogen and oxygen atoms in total. The molecule has 2 amide bonds. The minimum absolute atomic E-state index is 0.0175. The highest BCUT2D eigenvalue weighted by Crippen LogP contribution is 2.17. The van der Waals surface area contributed by atoms with Crippen LogP contribution in [0.4, 0.5) is 0 Å². The fraction of sp³-hybridized carbons (Fsp3) is 0.346. The number of methoxy groups -OCH3 is 1. The molecule has 0 aliphatic carbocycles. The first-order valence-electron chi connectivity index (χ1n) is 11.7. The SMILES string of the molecule is COC(=O)c1ccc2c(c1)n(CC(=O)N(CC(N)=O)CC(C)C)c(=O)n2CCOC(=O)c1ccccc1. The number of hydrogen-bond acceptors (Lipinski definition) is 7. The number of carbonyl (C=O) groups excluding carboxylic acids is 4. The quantitative estimate of drug-likeness (QED) is 0.384. The van der Waals surface area contributed by atoms with E-state index in [1.54, 1.807) is 36.4 Å². The maximum absolute atomic E-state index is 13.4. The number of hydrogen-bond donors (Lipinski definition) is 1. The van der Waals surface area contributed by atoms with Crippen LogP contribution in [0.5, 0.6) is 0 Å². The van der Waals surface area contributed by atoms with Crippen molar-refractivity contribution in [3.8, 4) is 0 Å². The zero-order chi connectivity index (χ0) is 27.1. The minimum Gasteiger partial charge on any atom is -0.465 e. The number of nitrogens with zero attached hydrogens (tertiary/aromatic N) is 3. The summed E-state index contributed by atoms with van der Waals surface area (Å²) in [7, 11) is 1.24. The van der Waals surface area contributed by atoms with Gasteiger partial charge in [-0.2, -0.15) is 0 Å². The summed E-state index contributed by atoms with van der Waals surface area (Å²) >= 11 is 0. The van der Waals surface area contributed by atoms with Gasteiger partial charge in [-0.15, -0.1) is 0 Å². The van der Waals surface area contributed by atoms with Crippen molar-refractivity contribution in [2.24, 2.45) is 11.7 Å². The number of ether oxygens (including phenoxy) is 2. The summed E-state index contributed by atoms with van der Waals surface area (Å²) < 4.78 is 12.7. The van der Waals surface area contributed by atoms with Crippen molar-refractivity contribution < 1.29 is 28.7 Å². The molecule has 196 valence electrons. The Bertz CT molecular complexity index is 1360. The van der Waals surface area contributed by atoms with Gasteiger partial charge in [0.2, 0.25) is 11.8 Å². The molecule has 0 saturated carbocycles. The number of carbonyl (C=O) groups is 4. The van der Waals surface area contributed by atoms with Crippen molar-refractivity contribution in [3.05, 3.63) is 70.1 Å². The molecule has 0 spiro atoms. The van der Waals surface area contributed by atoms with E-state index in [9.17, 15) is 24.0 Å². The monoisotopic (exact) mass is 510 g/mol. The van der Waals surface area contributed by atoms with Crippen molar-refractivity contribution in [3.63, 3.8) is 0 Å². The maximum Gasteiger partial charge on any atom is 0.338 e. The molecule has 37 heavy (non-hydrogen) atoms. The molecule has 0 radical (unpaired) electrons. The smallest absolute Gasteiger partial charge is 0.338 e. The zero-order valence-electron chi connectivity index (χ0n) is 21.0. The van der Waals surface area contributed by atoms with Gasteiger partial charge in [0.25, 0.3) is 0 Å². The highest BCUT2D eigenvalue weighted by molar-refractivity contribution is 5.94. The average Bonchev–Trinajstić information content (AvgIpc) is 3.13. The largest absolute Gasteiger partial charge is 0.465 e. The molecule has 2 N–H and O–H groups in total. The molecule has 0 bridgehead atoms. The summed E-state index contributed by atoms with van der Waals surface area (Å²) in [6, 6.07) is 13.0. The van der Waals surface area contributed by atoms with E-state index in [2.05, 4.69) is 0 Å². The second-order valence-corrected chi connectivity index (χ2v) is 8.85. The first kappa shape index (κ1) is 27.2. The standard InChI is InChI=1S/C26H30N4O7/c1-17(2)14-28(15-22(27)31)23(32)16-30-21-13-19(24(33)36-3)9-10-20(21)29(26(30)35)11-12-37-25(34)18-7-5-4-6-8-18/h4-10,13,17H,11-12,14-16H2,1-3H3,(H2,27,31). The number of imidazole rings is 1. The van der Waals surface area contributed by atoms with Gasteiger partial charge in [0, 0.05) is 6.54 Å². The second kappa shape index (κ2) is 12.0. The van der Waals surface area contributed by atoms with Gasteiger partial charge in [-0.1, -0.05) is 32.0 Å². The van der Waals surface area contributed by atoms with E-state index in [0.717, 1.165) is 0 Å². The summed E-state index contributed by atoms with van der Waals surface area (Å²) in [6.07, 6.45) is 0. The van der Waals surface area contributed by atoms with E-state index in [0.29, 0.717) is 16.6 Å².